The molecule has 3 nitrogen and oxygen atoms in total. The van der Waals surface area contributed by atoms with Crippen molar-refractivity contribution in [2.75, 3.05) is 7.11 Å². The van der Waals surface area contributed by atoms with Crippen molar-refractivity contribution in [3.63, 3.8) is 0 Å². The van der Waals surface area contributed by atoms with Crippen LogP contribution in [-0.2, 0) is 6.42 Å². The molecule has 18 heavy (non-hydrogen) atoms. The maximum absolute atomic E-state index is 6.06. The molecular weight excluding hydrogens is 318 g/mol. The lowest BCUT2D eigenvalue weighted by atomic mass is 10.0. The first kappa shape index (κ1) is 13.5. The Balaban J connectivity index is 2.12. The van der Waals surface area contributed by atoms with Crippen molar-refractivity contribution in [2.45, 2.75) is 12.5 Å². The number of hydrogen-bond donors (Lipinski definition) is 1. The van der Waals surface area contributed by atoms with Crippen molar-refractivity contribution >= 4 is 27.5 Å². The molecule has 2 N–H and O–H groups in total. The molecule has 0 amide bonds. The van der Waals surface area contributed by atoms with Gasteiger partial charge in [0.25, 0.3) is 0 Å². The Bertz CT molecular complexity index is 542. The highest BCUT2D eigenvalue weighted by atomic mass is 79.9. The Morgan fingerprint density at radius 2 is 2.17 bits per heavy atom. The molecule has 0 saturated carbocycles. The van der Waals surface area contributed by atoms with Gasteiger partial charge >= 0.3 is 0 Å². The lowest BCUT2D eigenvalue weighted by Gasteiger charge is -2.10. The molecule has 0 aliphatic carbocycles. The van der Waals surface area contributed by atoms with Gasteiger partial charge in [-0.05, 0) is 63.8 Å². The van der Waals surface area contributed by atoms with Crippen molar-refractivity contribution in [2.24, 2.45) is 5.73 Å². The Morgan fingerprint density at radius 3 is 2.72 bits per heavy atom. The second kappa shape index (κ2) is 5.78. The average molecular weight is 331 g/mol. The molecule has 0 saturated heterocycles. The van der Waals surface area contributed by atoms with E-state index in [1.807, 2.05) is 18.2 Å². The number of rotatable bonds is 4. The molecule has 5 heteroatoms. The van der Waals surface area contributed by atoms with Gasteiger partial charge in [0.2, 0.25) is 0 Å². The zero-order chi connectivity index (χ0) is 13.1. The van der Waals surface area contributed by atoms with E-state index in [9.17, 15) is 0 Å². The van der Waals surface area contributed by atoms with Crippen molar-refractivity contribution in [3.05, 3.63) is 51.3 Å². The van der Waals surface area contributed by atoms with E-state index in [0.717, 1.165) is 15.8 Å². The summed E-state index contributed by atoms with van der Waals surface area (Å²) in [6.45, 7) is 0. The van der Waals surface area contributed by atoms with Crippen LogP contribution in [0.1, 0.15) is 17.4 Å². The van der Waals surface area contributed by atoms with E-state index in [1.54, 1.807) is 19.2 Å². The molecule has 1 heterocycles. The molecule has 0 spiro atoms. The van der Waals surface area contributed by atoms with E-state index in [0.29, 0.717) is 17.4 Å². The normalized spacial score (nSPS) is 12.4. The zero-order valence-corrected chi connectivity index (χ0v) is 12.2. The summed E-state index contributed by atoms with van der Waals surface area (Å²) in [7, 11) is 1.64. The summed E-state index contributed by atoms with van der Waals surface area (Å²) >= 11 is 9.17. The minimum Gasteiger partial charge on any atom is -0.496 e. The monoisotopic (exact) mass is 329 g/mol. The summed E-state index contributed by atoms with van der Waals surface area (Å²) in [4.78, 5) is 0. The van der Waals surface area contributed by atoms with Crippen LogP contribution in [0.5, 0.6) is 5.75 Å². The van der Waals surface area contributed by atoms with E-state index >= 15 is 0 Å². The van der Waals surface area contributed by atoms with E-state index in [-0.39, 0.29) is 6.04 Å². The topological polar surface area (TPSA) is 48.4 Å². The average Bonchev–Trinajstić information content (AvgIpc) is 2.76. The molecule has 1 unspecified atom stereocenters. The molecule has 96 valence electrons. The summed E-state index contributed by atoms with van der Waals surface area (Å²) < 4.78 is 11.4. The molecule has 1 aromatic carbocycles. The minimum absolute atomic E-state index is 0.210. The van der Waals surface area contributed by atoms with E-state index < -0.39 is 0 Å². The highest BCUT2D eigenvalue weighted by Crippen LogP contribution is 2.28. The van der Waals surface area contributed by atoms with Gasteiger partial charge in [-0.15, -0.1) is 0 Å². The zero-order valence-electron chi connectivity index (χ0n) is 9.82. The number of methoxy groups -OCH3 is 1. The first-order valence-corrected chi connectivity index (χ1v) is 6.60. The van der Waals surface area contributed by atoms with Crippen LogP contribution in [0, 0.1) is 0 Å². The molecule has 2 aromatic rings. The summed E-state index contributed by atoms with van der Waals surface area (Å²) in [5, 5.41) is 0.358. The molecule has 0 aliphatic heterocycles. The maximum atomic E-state index is 6.06. The van der Waals surface area contributed by atoms with Crippen molar-refractivity contribution < 1.29 is 9.15 Å². The van der Waals surface area contributed by atoms with Gasteiger partial charge in [-0.2, -0.15) is 0 Å². The van der Waals surface area contributed by atoms with Crippen LogP contribution in [-0.4, -0.2) is 7.11 Å². The van der Waals surface area contributed by atoms with Crippen LogP contribution in [0.4, 0.5) is 0 Å². The fourth-order valence-corrected chi connectivity index (χ4v) is 2.46. The van der Waals surface area contributed by atoms with E-state index in [2.05, 4.69) is 15.9 Å². The molecule has 1 aromatic heterocycles. The first-order valence-electron chi connectivity index (χ1n) is 5.43. The molecule has 0 bridgehead atoms. The van der Waals surface area contributed by atoms with Crippen LogP contribution in [0.15, 0.2) is 39.2 Å². The third-order valence-electron chi connectivity index (χ3n) is 2.63. The third kappa shape index (κ3) is 3.07. The Hall–Kier alpha value is -0.970. The molecule has 0 radical (unpaired) electrons. The number of nitrogens with two attached hydrogens (primary N) is 1. The lowest BCUT2D eigenvalue weighted by Crippen LogP contribution is -2.12. The SMILES string of the molecule is COc1ccc(CC(N)c2ccc(Cl)o2)cc1Br. The maximum Gasteiger partial charge on any atom is 0.193 e. The van der Waals surface area contributed by atoms with E-state index in [1.165, 1.54) is 0 Å². The molecule has 0 fully saturated rings. The van der Waals surface area contributed by atoms with Crippen LogP contribution in [0.25, 0.3) is 0 Å². The minimum atomic E-state index is -0.210. The Kier molecular flexibility index (Phi) is 4.32. The molecule has 2 rings (SSSR count). The standard InChI is InChI=1S/C13H13BrClNO2/c1-17-11-3-2-8(6-9(11)14)7-10(16)12-4-5-13(15)18-12/h2-6,10H,7,16H2,1H3. The van der Waals surface area contributed by atoms with Gasteiger partial charge in [0.15, 0.2) is 5.22 Å². The van der Waals surface area contributed by atoms with Crippen molar-refractivity contribution in [1.82, 2.24) is 0 Å². The fraction of sp³-hybridized carbons (Fsp3) is 0.231. The number of hydrogen-bond acceptors (Lipinski definition) is 3. The highest BCUT2D eigenvalue weighted by molar-refractivity contribution is 9.10. The fourth-order valence-electron chi connectivity index (χ4n) is 1.72. The van der Waals surface area contributed by atoms with Crippen LogP contribution >= 0.6 is 27.5 Å². The number of halogens is 2. The number of furan rings is 1. The Morgan fingerprint density at radius 1 is 1.39 bits per heavy atom. The Labute approximate surface area is 119 Å². The van der Waals surface area contributed by atoms with Gasteiger partial charge in [0, 0.05) is 0 Å². The molecular formula is C13H13BrClNO2. The van der Waals surface area contributed by atoms with Crippen molar-refractivity contribution in [3.8, 4) is 5.75 Å². The predicted molar refractivity (Wildman–Crippen MR) is 75.0 cm³/mol. The van der Waals surface area contributed by atoms with Crippen LogP contribution in [0.3, 0.4) is 0 Å². The molecule has 1 atom stereocenters. The second-order valence-corrected chi connectivity index (χ2v) is 5.15. The van der Waals surface area contributed by atoms with E-state index in [4.69, 9.17) is 26.5 Å². The van der Waals surface area contributed by atoms with Crippen LogP contribution < -0.4 is 10.5 Å². The summed E-state index contributed by atoms with van der Waals surface area (Å²) in [6.07, 6.45) is 0.673. The van der Waals surface area contributed by atoms with Gasteiger partial charge in [-0.1, -0.05) is 6.07 Å². The van der Waals surface area contributed by atoms with Gasteiger partial charge in [-0.3, -0.25) is 0 Å². The largest absolute Gasteiger partial charge is 0.496 e. The van der Waals surface area contributed by atoms with Crippen molar-refractivity contribution in [1.29, 1.82) is 0 Å². The lowest BCUT2D eigenvalue weighted by molar-refractivity contribution is 0.412. The second-order valence-electron chi connectivity index (χ2n) is 3.92. The first-order chi connectivity index (χ1) is 8.60. The number of ether oxygens (including phenoxy) is 1. The smallest absolute Gasteiger partial charge is 0.193 e. The summed E-state index contributed by atoms with van der Waals surface area (Å²) in [6, 6.07) is 9.16. The highest BCUT2D eigenvalue weighted by Gasteiger charge is 2.12. The van der Waals surface area contributed by atoms with Gasteiger partial charge in [0.05, 0.1) is 17.6 Å². The van der Waals surface area contributed by atoms with Gasteiger partial charge in [0.1, 0.15) is 11.5 Å². The van der Waals surface area contributed by atoms with Gasteiger partial charge in [-0.25, -0.2) is 0 Å². The summed E-state index contributed by atoms with van der Waals surface area (Å²) in [5.41, 5.74) is 7.16. The molecule has 0 aliphatic rings. The quantitative estimate of drug-likeness (QED) is 0.923. The third-order valence-corrected chi connectivity index (χ3v) is 3.45. The summed E-state index contributed by atoms with van der Waals surface area (Å²) in [5.74, 6) is 1.49. The predicted octanol–water partition coefficient (Wildman–Crippen LogP) is 3.95. The number of benzene rings is 1. The van der Waals surface area contributed by atoms with Crippen LogP contribution in [0.2, 0.25) is 5.22 Å². The van der Waals surface area contributed by atoms with Gasteiger partial charge < -0.3 is 14.9 Å².